The average Bonchev–Trinajstić information content (AvgIpc) is 3.09. The maximum Gasteiger partial charge on any atom is 0.151 e. The van der Waals surface area contributed by atoms with Gasteiger partial charge in [-0.3, -0.25) is 9.88 Å². The Labute approximate surface area is 123 Å². The van der Waals surface area contributed by atoms with Crippen molar-refractivity contribution in [3.05, 3.63) is 36.4 Å². The van der Waals surface area contributed by atoms with Gasteiger partial charge in [-0.05, 0) is 32.1 Å². The van der Waals surface area contributed by atoms with E-state index < -0.39 is 5.60 Å². The summed E-state index contributed by atoms with van der Waals surface area (Å²) in [5.41, 5.74) is 1.09. The Kier molecular flexibility index (Phi) is 4.01. The second-order valence-corrected chi connectivity index (χ2v) is 5.74. The number of aromatic nitrogens is 2. The number of hydrogen-bond donors (Lipinski definition) is 2. The van der Waals surface area contributed by atoms with E-state index in [9.17, 15) is 5.11 Å². The quantitative estimate of drug-likeness (QED) is 0.851. The summed E-state index contributed by atoms with van der Waals surface area (Å²) in [5, 5.41) is 17.6. The van der Waals surface area contributed by atoms with Crippen molar-refractivity contribution in [2.24, 2.45) is 0 Å². The molecule has 1 aliphatic heterocycles. The molecule has 2 N–H and O–H groups in total. The zero-order chi connectivity index (χ0) is 14.7. The number of nitrogens with zero attached hydrogens (tertiary/aromatic N) is 3. The molecule has 0 radical (unpaired) electrons. The number of pyridine rings is 1. The van der Waals surface area contributed by atoms with Crippen molar-refractivity contribution >= 4 is 0 Å². The fraction of sp³-hybridized carbons (Fsp3) is 0.467. The van der Waals surface area contributed by atoms with Crippen LogP contribution in [-0.4, -0.2) is 52.4 Å². The maximum absolute atomic E-state index is 10.4. The number of hydrogen-bond acceptors (Lipinski definition) is 6. The van der Waals surface area contributed by atoms with Gasteiger partial charge in [-0.15, -0.1) is 0 Å². The van der Waals surface area contributed by atoms with E-state index in [0.717, 1.165) is 30.0 Å². The van der Waals surface area contributed by atoms with Crippen molar-refractivity contribution in [1.29, 1.82) is 0 Å². The summed E-state index contributed by atoms with van der Waals surface area (Å²) < 4.78 is 5.37. The summed E-state index contributed by atoms with van der Waals surface area (Å²) in [5.74, 6) is 0.783. The Balaban J connectivity index is 1.62. The number of β-amino-alcohol motifs (C(OH)–C–C–N with tert-alkyl or cyclic N) is 1. The highest BCUT2D eigenvalue weighted by molar-refractivity contribution is 5.57. The van der Waals surface area contributed by atoms with Crippen LogP contribution in [0.1, 0.15) is 12.2 Å². The van der Waals surface area contributed by atoms with Gasteiger partial charge in [-0.1, -0.05) is 5.16 Å². The van der Waals surface area contributed by atoms with Crippen LogP contribution >= 0.6 is 0 Å². The van der Waals surface area contributed by atoms with Gasteiger partial charge in [0.05, 0.1) is 12.1 Å². The molecule has 0 aliphatic carbocycles. The highest BCUT2D eigenvalue weighted by Crippen LogP contribution is 2.20. The second-order valence-electron chi connectivity index (χ2n) is 5.74. The van der Waals surface area contributed by atoms with E-state index in [4.69, 9.17) is 4.52 Å². The van der Waals surface area contributed by atoms with Crippen LogP contribution in [0.3, 0.4) is 0 Å². The third-order valence-corrected chi connectivity index (χ3v) is 3.73. The van der Waals surface area contributed by atoms with Gasteiger partial charge in [-0.25, -0.2) is 0 Å². The molecule has 6 heteroatoms. The third-order valence-electron chi connectivity index (χ3n) is 3.73. The molecule has 0 saturated carbocycles. The summed E-state index contributed by atoms with van der Waals surface area (Å²) in [6.07, 6.45) is 4.28. The van der Waals surface area contributed by atoms with Crippen LogP contribution in [-0.2, 0) is 6.54 Å². The lowest BCUT2D eigenvalue weighted by atomic mass is 10.0. The highest BCUT2D eigenvalue weighted by atomic mass is 16.5. The Morgan fingerprint density at radius 3 is 3.14 bits per heavy atom. The molecule has 3 rings (SSSR count). The summed E-state index contributed by atoms with van der Waals surface area (Å²) in [6.45, 7) is 2.75. The van der Waals surface area contributed by atoms with E-state index in [1.54, 1.807) is 12.4 Å². The molecule has 6 nitrogen and oxygen atoms in total. The molecule has 0 amide bonds. The van der Waals surface area contributed by atoms with Crippen molar-refractivity contribution < 1.29 is 9.63 Å². The summed E-state index contributed by atoms with van der Waals surface area (Å²) in [4.78, 5) is 6.13. The van der Waals surface area contributed by atoms with Crippen LogP contribution in [0.25, 0.3) is 11.3 Å². The van der Waals surface area contributed by atoms with Crippen LogP contribution < -0.4 is 5.32 Å². The molecule has 2 aromatic heterocycles. The lowest BCUT2D eigenvalue weighted by molar-refractivity contribution is 0.0244. The van der Waals surface area contributed by atoms with Crippen molar-refractivity contribution in [3.63, 3.8) is 0 Å². The average molecular weight is 288 g/mol. The van der Waals surface area contributed by atoms with Crippen LogP contribution in [0.2, 0.25) is 0 Å². The Morgan fingerprint density at radius 1 is 1.52 bits per heavy atom. The van der Waals surface area contributed by atoms with E-state index in [1.165, 1.54) is 0 Å². The van der Waals surface area contributed by atoms with E-state index in [-0.39, 0.29) is 0 Å². The van der Waals surface area contributed by atoms with Gasteiger partial charge in [0.15, 0.2) is 5.76 Å². The molecule has 112 valence electrons. The minimum Gasteiger partial charge on any atom is -0.387 e. The molecule has 1 aliphatic rings. The molecule has 0 unspecified atom stereocenters. The predicted octanol–water partition coefficient (Wildman–Crippen LogP) is 0.893. The molecule has 21 heavy (non-hydrogen) atoms. The molecule has 0 spiro atoms. The first kappa shape index (κ1) is 14.2. The Bertz CT molecular complexity index is 578. The predicted molar refractivity (Wildman–Crippen MR) is 78.5 cm³/mol. The van der Waals surface area contributed by atoms with Gasteiger partial charge >= 0.3 is 0 Å². The van der Waals surface area contributed by atoms with E-state index in [1.807, 2.05) is 25.2 Å². The number of aliphatic hydroxyl groups is 1. The molecule has 1 saturated heterocycles. The van der Waals surface area contributed by atoms with Gasteiger partial charge in [-0.2, -0.15) is 0 Å². The van der Waals surface area contributed by atoms with Crippen LogP contribution in [0.5, 0.6) is 0 Å². The van der Waals surface area contributed by atoms with E-state index in [0.29, 0.717) is 19.6 Å². The van der Waals surface area contributed by atoms with Gasteiger partial charge in [0.1, 0.15) is 5.69 Å². The summed E-state index contributed by atoms with van der Waals surface area (Å²) in [7, 11) is 1.97. The summed E-state index contributed by atoms with van der Waals surface area (Å²) in [6, 6.07) is 5.74. The van der Waals surface area contributed by atoms with Crippen LogP contribution in [0.15, 0.2) is 35.1 Å². The van der Waals surface area contributed by atoms with E-state index in [2.05, 4.69) is 20.4 Å². The fourth-order valence-electron chi connectivity index (χ4n) is 2.73. The summed E-state index contributed by atoms with van der Waals surface area (Å²) >= 11 is 0. The highest BCUT2D eigenvalue weighted by Gasteiger charge is 2.32. The van der Waals surface area contributed by atoms with Gasteiger partial charge in [0, 0.05) is 37.1 Å². The minimum atomic E-state index is -0.638. The molecule has 0 bridgehead atoms. The Hall–Kier alpha value is -1.76. The zero-order valence-corrected chi connectivity index (χ0v) is 12.1. The van der Waals surface area contributed by atoms with Crippen LogP contribution in [0.4, 0.5) is 0 Å². The van der Waals surface area contributed by atoms with Crippen molar-refractivity contribution in [2.45, 2.75) is 18.6 Å². The lowest BCUT2D eigenvalue weighted by Gasteiger charge is -2.27. The van der Waals surface area contributed by atoms with Crippen LogP contribution in [0, 0.1) is 0 Å². The van der Waals surface area contributed by atoms with Gasteiger partial charge in [0.25, 0.3) is 0 Å². The first-order valence-corrected chi connectivity index (χ1v) is 7.12. The number of rotatable bonds is 5. The first-order chi connectivity index (χ1) is 10.1. The Morgan fingerprint density at radius 2 is 2.43 bits per heavy atom. The zero-order valence-electron chi connectivity index (χ0n) is 12.1. The molecule has 1 fully saturated rings. The van der Waals surface area contributed by atoms with Gasteiger partial charge < -0.3 is 14.9 Å². The van der Waals surface area contributed by atoms with Gasteiger partial charge in [0.2, 0.25) is 0 Å². The second kappa shape index (κ2) is 5.93. The topological polar surface area (TPSA) is 74.4 Å². The number of nitrogens with one attached hydrogen (secondary N) is 1. The monoisotopic (exact) mass is 288 g/mol. The van der Waals surface area contributed by atoms with Crippen molar-refractivity contribution in [3.8, 4) is 11.3 Å². The fourth-order valence-corrected chi connectivity index (χ4v) is 2.73. The normalized spacial score (nSPS) is 22.0. The smallest absolute Gasteiger partial charge is 0.151 e. The third kappa shape index (κ3) is 3.47. The SMILES string of the molecule is CN(Cc1cc(-c2cccnc2)no1)C[C@@]1(O)CCNC1. The molecule has 3 heterocycles. The standard InChI is InChI=1S/C15H20N4O2/c1-19(11-15(20)4-6-17-10-15)9-13-7-14(18-21-13)12-3-2-5-16-8-12/h2-3,5,7-8,17,20H,4,6,9-11H2,1H3/t15-/m1/s1. The minimum absolute atomic E-state index is 0.614. The maximum atomic E-state index is 10.4. The van der Waals surface area contributed by atoms with E-state index >= 15 is 0 Å². The molecular formula is C15H20N4O2. The van der Waals surface area contributed by atoms with Crippen molar-refractivity contribution in [1.82, 2.24) is 20.4 Å². The van der Waals surface area contributed by atoms with Crippen molar-refractivity contribution in [2.75, 3.05) is 26.7 Å². The largest absolute Gasteiger partial charge is 0.387 e. The molecule has 1 atom stereocenters. The lowest BCUT2D eigenvalue weighted by Crippen LogP contribution is -2.42. The first-order valence-electron chi connectivity index (χ1n) is 7.12. The molecular weight excluding hydrogens is 268 g/mol. The molecule has 2 aromatic rings. The number of likely N-dealkylation sites (N-methyl/N-ethyl adjacent to an activating group) is 1. The molecule has 0 aromatic carbocycles.